The first-order chi connectivity index (χ1) is 7.13. The van der Waals surface area contributed by atoms with Gasteiger partial charge in [0, 0.05) is 12.6 Å². The Kier molecular flexibility index (Phi) is 4.45. The van der Waals surface area contributed by atoms with E-state index in [9.17, 15) is 8.78 Å². The van der Waals surface area contributed by atoms with Crippen molar-refractivity contribution in [3.63, 3.8) is 0 Å². The van der Waals surface area contributed by atoms with Crippen molar-refractivity contribution in [3.8, 4) is 5.75 Å². The molecule has 84 valence electrons. The Balaban J connectivity index is 2.63. The molecule has 0 radical (unpaired) electrons. The van der Waals surface area contributed by atoms with Gasteiger partial charge in [-0.05, 0) is 24.1 Å². The number of nitrogens with two attached hydrogens (primary N) is 1. The number of halogens is 2. The Bertz CT molecular complexity index is 290. The molecule has 0 aliphatic heterocycles. The van der Waals surface area contributed by atoms with E-state index in [4.69, 9.17) is 10.8 Å². The molecule has 0 unspecified atom stereocenters. The SMILES string of the molecule is N[C@@H](CCO)c1ccc(OC(F)F)cc1. The van der Waals surface area contributed by atoms with Crippen LogP contribution < -0.4 is 10.5 Å². The van der Waals surface area contributed by atoms with Gasteiger partial charge in [0.1, 0.15) is 5.75 Å². The third-order valence-electron chi connectivity index (χ3n) is 1.97. The fraction of sp³-hybridized carbons (Fsp3) is 0.400. The lowest BCUT2D eigenvalue weighted by Gasteiger charge is -2.11. The molecule has 0 saturated heterocycles. The summed E-state index contributed by atoms with van der Waals surface area (Å²) in [6.45, 7) is -2.82. The molecule has 0 aliphatic rings. The van der Waals surface area contributed by atoms with Crippen LogP contribution in [0.25, 0.3) is 0 Å². The Hall–Kier alpha value is -1.20. The maximum Gasteiger partial charge on any atom is 0.387 e. The van der Waals surface area contributed by atoms with Gasteiger partial charge in [-0.1, -0.05) is 12.1 Å². The van der Waals surface area contributed by atoms with Crippen molar-refractivity contribution in [2.75, 3.05) is 6.61 Å². The smallest absolute Gasteiger partial charge is 0.387 e. The fourth-order valence-corrected chi connectivity index (χ4v) is 1.20. The molecule has 15 heavy (non-hydrogen) atoms. The van der Waals surface area contributed by atoms with Gasteiger partial charge in [-0.3, -0.25) is 0 Å². The lowest BCUT2D eigenvalue weighted by molar-refractivity contribution is -0.0498. The zero-order chi connectivity index (χ0) is 11.3. The van der Waals surface area contributed by atoms with Crippen LogP contribution >= 0.6 is 0 Å². The van der Waals surface area contributed by atoms with E-state index in [1.807, 2.05) is 0 Å². The van der Waals surface area contributed by atoms with Gasteiger partial charge in [0.15, 0.2) is 0 Å². The molecule has 0 fully saturated rings. The van der Waals surface area contributed by atoms with E-state index in [1.54, 1.807) is 12.1 Å². The lowest BCUT2D eigenvalue weighted by atomic mass is 10.1. The molecule has 3 N–H and O–H groups in total. The van der Waals surface area contributed by atoms with E-state index in [0.717, 1.165) is 5.56 Å². The molecule has 0 saturated carbocycles. The van der Waals surface area contributed by atoms with E-state index in [2.05, 4.69) is 4.74 Å². The molecular weight excluding hydrogens is 204 g/mol. The summed E-state index contributed by atoms with van der Waals surface area (Å²) < 4.78 is 27.8. The molecule has 1 atom stereocenters. The van der Waals surface area contributed by atoms with E-state index in [0.29, 0.717) is 6.42 Å². The zero-order valence-electron chi connectivity index (χ0n) is 8.07. The second-order valence-electron chi connectivity index (χ2n) is 3.07. The summed E-state index contributed by atoms with van der Waals surface area (Å²) in [6, 6.07) is 5.80. The van der Waals surface area contributed by atoms with Crippen molar-refractivity contribution in [2.45, 2.75) is 19.1 Å². The van der Waals surface area contributed by atoms with Crippen LogP contribution in [0.1, 0.15) is 18.0 Å². The summed E-state index contributed by atoms with van der Waals surface area (Å²) in [5.41, 5.74) is 6.49. The topological polar surface area (TPSA) is 55.5 Å². The largest absolute Gasteiger partial charge is 0.435 e. The maximum atomic E-state index is 11.8. The van der Waals surface area contributed by atoms with Gasteiger partial charge < -0.3 is 15.6 Å². The Morgan fingerprint density at radius 3 is 2.33 bits per heavy atom. The molecule has 1 aromatic rings. The van der Waals surface area contributed by atoms with Crippen LogP contribution in [0.4, 0.5) is 8.78 Å². The van der Waals surface area contributed by atoms with E-state index >= 15 is 0 Å². The highest BCUT2D eigenvalue weighted by molar-refractivity contribution is 5.29. The fourth-order valence-electron chi connectivity index (χ4n) is 1.20. The number of ether oxygens (including phenoxy) is 1. The van der Waals surface area contributed by atoms with Gasteiger partial charge >= 0.3 is 6.61 Å². The highest BCUT2D eigenvalue weighted by atomic mass is 19.3. The van der Waals surface area contributed by atoms with Crippen molar-refractivity contribution in [1.82, 2.24) is 0 Å². The zero-order valence-corrected chi connectivity index (χ0v) is 8.07. The molecule has 0 amide bonds. The average molecular weight is 217 g/mol. The molecule has 3 nitrogen and oxygen atoms in total. The Morgan fingerprint density at radius 2 is 1.87 bits per heavy atom. The summed E-state index contributed by atoms with van der Waals surface area (Å²) in [6.07, 6.45) is 0.440. The number of aliphatic hydroxyl groups is 1. The van der Waals surface area contributed by atoms with Crippen molar-refractivity contribution < 1.29 is 18.6 Å². The minimum absolute atomic E-state index is 0.00352. The Morgan fingerprint density at radius 1 is 1.27 bits per heavy atom. The molecule has 0 bridgehead atoms. The highest BCUT2D eigenvalue weighted by Gasteiger charge is 2.07. The maximum absolute atomic E-state index is 11.8. The summed E-state index contributed by atoms with van der Waals surface area (Å²) in [5.74, 6) is 0.102. The number of rotatable bonds is 5. The normalized spacial score (nSPS) is 12.9. The second-order valence-corrected chi connectivity index (χ2v) is 3.07. The molecule has 0 heterocycles. The summed E-state index contributed by atoms with van der Waals surface area (Å²) in [4.78, 5) is 0. The van der Waals surface area contributed by atoms with Crippen molar-refractivity contribution in [2.24, 2.45) is 5.73 Å². The Labute approximate surface area is 86.5 Å². The quantitative estimate of drug-likeness (QED) is 0.788. The van der Waals surface area contributed by atoms with Crippen LogP contribution in [0.5, 0.6) is 5.75 Å². The second kappa shape index (κ2) is 5.63. The van der Waals surface area contributed by atoms with Crippen LogP contribution in [0, 0.1) is 0 Å². The van der Waals surface area contributed by atoms with Crippen LogP contribution in [-0.2, 0) is 0 Å². The van der Waals surface area contributed by atoms with Gasteiger partial charge in [0.05, 0.1) is 0 Å². The predicted molar refractivity (Wildman–Crippen MR) is 51.7 cm³/mol. The van der Waals surface area contributed by atoms with Crippen LogP contribution in [0.15, 0.2) is 24.3 Å². The number of hydrogen-bond acceptors (Lipinski definition) is 3. The lowest BCUT2D eigenvalue weighted by Crippen LogP contribution is -2.11. The first-order valence-corrected chi connectivity index (χ1v) is 4.54. The highest BCUT2D eigenvalue weighted by Crippen LogP contribution is 2.19. The van der Waals surface area contributed by atoms with Gasteiger partial charge in [-0.2, -0.15) is 8.78 Å². The van der Waals surface area contributed by atoms with Crippen LogP contribution in [0.3, 0.4) is 0 Å². The standard InChI is InChI=1S/C10H13F2NO2/c11-10(12)15-8-3-1-7(2-4-8)9(13)5-6-14/h1-4,9-10,14H,5-6,13H2/t9-/m0/s1. The molecule has 0 spiro atoms. The van der Waals surface area contributed by atoms with Gasteiger partial charge in [0.2, 0.25) is 0 Å². The molecule has 5 heteroatoms. The minimum atomic E-state index is -2.82. The summed E-state index contributed by atoms with van der Waals surface area (Å²) in [7, 11) is 0. The summed E-state index contributed by atoms with van der Waals surface area (Å²) in [5, 5.41) is 8.67. The molecule has 1 rings (SSSR count). The first kappa shape index (κ1) is 11.9. The third kappa shape index (κ3) is 3.81. The number of benzene rings is 1. The molecule has 0 aliphatic carbocycles. The number of alkyl halides is 2. The molecule has 0 aromatic heterocycles. The third-order valence-corrected chi connectivity index (χ3v) is 1.97. The van der Waals surface area contributed by atoms with E-state index < -0.39 is 6.61 Å². The molecular formula is C10H13F2NO2. The van der Waals surface area contributed by atoms with Crippen LogP contribution in [0.2, 0.25) is 0 Å². The molecule has 1 aromatic carbocycles. The van der Waals surface area contributed by atoms with Crippen molar-refractivity contribution >= 4 is 0 Å². The first-order valence-electron chi connectivity index (χ1n) is 4.54. The van der Waals surface area contributed by atoms with Gasteiger partial charge in [0.25, 0.3) is 0 Å². The monoisotopic (exact) mass is 217 g/mol. The van der Waals surface area contributed by atoms with Crippen LogP contribution in [-0.4, -0.2) is 18.3 Å². The van der Waals surface area contributed by atoms with E-state index in [1.165, 1.54) is 12.1 Å². The average Bonchev–Trinajstić information content (AvgIpc) is 2.18. The number of hydrogen-bond donors (Lipinski definition) is 2. The minimum Gasteiger partial charge on any atom is -0.435 e. The van der Waals surface area contributed by atoms with E-state index in [-0.39, 0.29) is 18.4 Å². The number of aliphatic hydroxyl groups excluding tert-OH is 1. The summed E-state index contributed by atoms with van der Waals surface area (Å²) >= 11 is 0. The van der Waals surface area contributed by atoms with Gasteiger partial charge in [-0.15, -0.1) is 0 Å². The van der Waals surface area contributed by atoms with Crippen molar-refractivity contribution in [1.29, 1.82) is 0 Å². The van der Waals surface area contributed by atoms with Crippen molar-refractivity contribution in [3.05, 3.63) is 29.8 Å². The van der Waals surface area contributed by atoms with Gasteiger partial charge in [-0.25, -0.2) is 0 Å². The predicted octanol–water partition coefficient (Wildman–Crippen LogP) is 1.67.